The summed E-state index contributed by atoms with van der Waals surface area (Å²) in [7, 11) is 0. The van der Waals surface area contributed by atoms with Crippen molar-refractivity contribution >= 4 is 11.3 Å². The highest BCUT2D eigenvalue weighted by Gasteiger charge is 2.37. The van der Waals surface area contributed by atoms with Gasteiger partial charge < -0.3 is 5.32 Å². The number of alkyl halides is 3. The van der Waals surface area contributed by atoms with Crippen molar-refractivity contribution < 1.29 is 13.2 Å². The molecule has 1 fully saturated rings. The standard InChI is InChI=1S/C12H17F3N2S/c1-2-16-6-8-4-3-5-9(8)10-7-17-11(18-10)12(13,14)15/h7-9,16H,2-6H2,1H3. The van der Waals surface area contributed by atoms with Crippen molar-refractivity contribution in [3.05, 3.63) is 16.1 Å². The van der Waals surface area contributed by atoms with Gasteiger partial charge in [0.1, 0.15) is 0 Å². The van der Waals surface area contributed by atoms with E-state index in [1.807, 2.05) is 6.92 Å². The topological polar surface area (TPSA) is 24.9 Å². The predicted octanol–water partition coefficient (Wildman–Crippen LogP) is 3.66. The quantitative estimate of drug-likeness (QED) is 0.909. The van der Waals surface area contributed by atoms with Gasteiger partial charge in [-0.3, -0.25) is 0 Å². The number of nitrogens with zero attached hydrogens (tertiary/aromatic N) is 1. The molecule has 0 amide bonds. The van der Waals surface area contributed by atoms with Gasteiger partial charge >= 0.3 is 6.18 Å². The predicted molar refractivity (Wildman–Crippen MR) is 65.7 cm³/mol. The van der Waals surface area contributed by atoms with Gasteiger partial charge in [-0.15, -0.1) is 11.3 Å². The van der Waals surface area contributed by atoms with Crippen molar-refractivity contribution in [1.82, 2.24) is 10.3 Å². The maximum atomic E-state index is 12.5. The molecule has 2 unspecified atom stereocenters. The molecule has 0 aromatic carbocycles. The van der Waals surface area contributed by atoms with Crippen LogP contribution in [-0.4, -0.2) is 18.1 Å². The molecule has 1 saturated carbocycles. The van der Waals surface area contributed by atoms with Crippen LogP contribution in [0.25, 0.3) is 0 Å². The minimum atomic E-state index is -4.31. The van der Waals surface area contributed by atoms with E-state index in [1.165, 1.54) is 6.20 Å². The van der Waals surface area contributed by atoms with E-state index in [0.29, 0.717) is 5.92 Å². The molecule has 2 atom stereocenters. The number of aromatic nitrogens is 1. The number of hydrogen-bond donors (Lipinski definition) is 1. The normalized spacial score (nSPS) is 24.7. The maximum Gasteiger partial charge on any atom is 0.443 e. The Hall–Kier alpha value is -0.620. The molecule has 1 aromatic rings. The second kappa shape index (κ2) is 5.57. The van der Waals surface area contributed by atoms with Crippen LogP contribution >= 0.6 is 11.3 Å². The molecule has 0 spiro atoms. The van der Waals surface area contributed by atoms with Gasteiger partial charge in [0.15, 0.2) is 5.01 Å². The molecule has 0 saturated heterocycles. The summed E-state index contributed by atoms with van der Waals surface area (Å²) < 4.78 is 37.6. The minimum absolute atomic E-state index is 0.248. The Labute approximate surface area is 109 Å². The molecule has 1 aliphatic carbocycles. The first-order valence-electron chi connectivity index (χ1n) is 6.26. The highest BCUT2D eigenvalue weighted by Crippen LogP contribution is 2.43. The van der Waals surface area contributed by atoms with E-state index >= 15 is 0 Å². The summed E-state index contributed by atoms with van der Waals surface area (Å²) in [5, 5.41) is 2.57. The fraction of sp³-hybridized carbons (Fsp3) is 0.750. The van der Waals surface area contributed by atoms with Crippen LogP contribution in [-0.2, 0) is 6.18 Å². The molecule has 2 rings (SSSR count). The molecule has 102 valence electrons. The molecule has 0 bridgehead atoms. The minimum Gasteiger partial charge on any atom is -0.317 e. The zero-order chi connectivity index (χ0) is 13.2. The Balaban J connectivity index is 2.08. The average Bonchev–Trinajstić information content (AvgIpc) is 2.93. The number of nitrogens with one attached hydrogen (secondary N) is 1. The second-order valence-corrected chi connectivity index (χ2v) is 5.73. The third-order valence-electron chi connectivity index (χ3n) is 3.45. The lowest BCUT2D eigenvalue weighted by Gasteiger charge is -2.18. The van der Waals surface area contributed by atoms with Gasteiger partial charge in [0, 0.05) is 11.1 Å². The number of thiazole rings is 1. The van der Waals surface area contributed by atoms with Crippen LogP contribution in [0.3, 0.4) is 0 Å². The Morgan fingerprint density at radius 3 is 2.83 bits per heavy atom. The molecular formula is C12H17F3N2S. The van der Waals surface area contributed by atoms with Gasteiger partial charge in [-0.05, 0) is 37.8 Å². The van der Waals surface area contributed by atoms with Crippen LogP contribution in [0.15, 0.2) is 6.20 Å². The van der Waals surface area contributed by atoms with Crippen LogP contribution < -0.4 is 5.32 Å². The van der Waals surface area contributed by atoms with E-state index in [2.05, 4.69) is 10.3 Å². The number of rotatable bonds is 4. The molecule has 18 heavy (non-hydrogen) atoms. The van der Waals surface area contributed by atoms with E-state index in [4.69, 9.17) is 0 Å². The molecule has 6 heteroatoms. The van der Waals surface area contributed by atoms with Crippen molar-refractivity contribution in [2.45, 2.75) is 38.3 Å². The Bertz CT molecular complexity index is 389. The van der Waals surface area contributed by atoms with Crippen LogP contribution in [0.2, 0.25) is 0 Å². The van der Waals surface area contributed by atoms with Crippen molar-refractivity contribution in [3.63, 3.8) is 0 Å². The first-order chi connectivity index (χ1) is 8.52. The molecule has 1 aliphatic rings. The van der Waals surface area contributed by atoms with Crippen LogP contribution in [0, 0.1) is 5.92 Å². The molecule has 2 nitrogen and oxygen atoms in total. The van der Waals surface area contributed by atoms with E-state index in [1.54, 1.807) is 0 Å². The Morgan fingerprint density at radius 1 is 1.44 bits per heavy atom. The van der Waals surface area contributed by atoms with Gasteiger partial charge in [-0.1, -0.05) is 13.3 Å². The summed E-state index contributed by atoms with van der Waals surface area (Å²) in [5.74, 6) is 0.698. The molecule has 0 aliphatic heterocycles. The Morgan fingerprint density at radius 2 is 2.22 bits per heavy atom. The second-order valence-electron chi connectivity index (χ2n) is 4.67. The number of halogens is 3. The van der Waals surface area contributed by atoms with E-state index in [9.17, 15) is 13.2 Å². The van der Waals surface area contributed by atoms with Gasteiger partial charge in [0.2, 0.25) is 0 Å². The van der Waals surface area contributed by atoms with Crippen molar-refractivity contribution in [1.29, 1.82) is 0 Å². The zero-order valence-electron chi connectivity index (χ0n) is 10.3. The summed E-state index contributed by atoms with van der Waals surface area (Å²) in [6, 6.07) is 0. The van der Waals surface area contributed by atoms with Gasteiger partial charge in [0.25, 0.3) is 0 Å². The zero-order valence-corrected chi connectivity index (χ0v) is 11.1. The van der Waals surface area contributed by atoms with Crippen molar-refractivity contribution in [3.8, 4) is 0 Å². The van der Waals surface area contributed by atoms with Gasteiger partial charge in [0.05, 0.1) is 0 Å². The highest BCUT2D eigenvalue weighted by atomic mass is 32.1. The average molecular weight is 278 g/mol. The third kappa shape index (κ3) is 3.03. The Kier molecular flexibility index (Phi) is 4.27. The first kappa shape index (κ1) is 13.8. The summed E-state index contributed by atoms with van der Waals surface area (Å²) in [6.45, 7) is 3.83. The summed E-state index contributed by atoms with van der Waals surface area (Å²) in [4.78, 5) is 4.31. The molecular weight excluding hydrogens is 261 g/mol. The van der Waals surface area contributed by atoms with Crippen molar-refractivity contribution in [2.75, 3.05) is 13.1 Å². The van der Waals surface area contributed by atoms with E-state index < -0.39 is 11.2 Å². The van der Waals surface area contributed by atoms with Gasteiger partial charge in [-0.25, -0.2) is 4.98 Å². The maximum absolute atomic E-state index is 12.5. The summed E-state index contributed by atoms with van der Waals surface area (Å²) >= 11 is 0.810. The smallest absolute Gasteiger partial charge is 0.317 e. The number of hydrogen-bond acceptors (Lipinski definition) is 3. The van der Waals surface area contributed by atoms with Crippen LogP contribution in [0.5, 0.6) is 0 Å². The third-order valence-corrected chi connectivity index (χ3v) is 4.62. The molecule has 0 radical (unpaired) electrons. The van der Waals surface area contributed by atoms with Crippen LogP contribution in [0.1, 0.15) is 42.0 Å². The van der Waals surface area contributed by atoms with E-state index in [-0.39, 0.29) is 5.92 Å². The lowest BCUT2D eigenvalue weighted by atomic mass is 9.95. The highest BCUT2D eigenvalue weighted by molar-refractivity contribution is 7.11. The first-order valence-corrected chi connectivity index (χ1v) is 7.07. The van der Waals surface area contributed by atoms with Crippen molar-refractivity contribution in [2.24, 2.45) is 5.92 Å². The van der Waals surface area contributed by atoms with Crippen LogP contribution in [0.4, 0.5) is 13.2 Å². The fourth-order valence-corrected chi connectivity index (χ4v) is 3.59. The molecule has 1 heterocycles. The van der Waals surface area contributed by atoms with E-state index in [0.717, 1.165) is 48.6 Å². The fourth-order valence-electron chi connectivity index (χ4n) is 2.57. The summed E-state index contributed by atoms with van der Waals surface area (Å²) in [6.07, 6.45) is 0.285. The van der Waals surface area contributed by atoms with Gasteiger partial charge in [-0.2, -0.15) is 13.2 Å². The molecule has 1 aromatic heterocycles. The lowest BCUT2D eigenvalue weighted by Crippen LogP contribution is -2.23. The monoisotopic (exact) mass is 278 g/mol. The molecule has 1 N–H and O–H groups in total. The summed E-state index contributed by atoms with van der Waals surface area (Å²) in [5.41, 5.74) is 0. The lowest BCUT2D eigenvalue weighted by molar-refractivity contribution is -0.137. The largest absolute Gasteiger partial charge is 0.443 e. The SMILES string of the molecule is CCNCC1CCCC1c1cnc(C(F)(F)F)s1.